The molecule has 1 amide bonds. The van der Waals surface area contributed by atoms with Crippen molar-refractivity contribution >= 4 is 5.91 Å². The van der Waals surface area contributed by atoms with Crippen LogP contribution < -0.4 is 11.5 Å². The number of hydrogen-bond donors (Lipinski definition) is 2. The fourth-order valence-electron chi connectivity index (χ4n) is 1.56. The average Bonchev–Trinajstić information content (AvgIpc) is 2.01. The van der Waals surface area contributed by atoms with Gasteiger partial charge in [-0.15, -0.1) is 0 Å². The average molecular weight is 192 g/mol. The lowest BCUT2D eigenvalue weighted by Gasteiger charge is -2.05. The summed E-state index contributed by atoms with van der Waals surface area (Å²) in [5, 5.41) is 0. The fourth-order valence-corrected chi connectivity index (χ4v) is 1.56. The van der Waals surface area contributed by atoms with Crippen LogP contribution in [0.15, 0.2) is 18.2 Å². The highest BCUT2D eigenvalue weighted by molar-refractivity contribution is 5.76. The second-order valence-corrected chi connectivity index (χ2v) is 3.51. The zero-order chi connectivity index (χ0) is 10.6. The van der Waals surface area contributed by atoms with Gasteiger partial charge in [-0.05, 0) is 31.0 Å². The molecule has 0 aromatic heterocycles. The molecule has 0 saturated heterocycles. The van der Waals surface area contributed by atoms with Crippen LogP contribution in [0.3, 0.4) is 0 Å². The Bertz CT molecular complexity index is 334. The monoisotopic (exact) mass is 192 g/mol. The molecule has 4 N–H and O–H groups in total. The van der Waals surface area contributed by atoms with Gasteiger partial charge in [-0.25, -0.2) is 0 Å². The first-order chi connectivity index (χ1) is 6.61. The smallest absolute Gasteiger partial charge is 0.221 e. The maximum atomic E-state index is 10.7. The molecule has 0 aliphatic heterocycles. The largest absolute Gasteiger partial charge is 0.369 e. The molecule has 0 aliphatic carbocycles. The van der Waals surface area contributed by atoms with Crippen molar-refractivity contribution in [3.8, 4) is 0 Å². The third-order valence-corrected chi connectivity index (χ3v) is 2.01. The van der Waals surface area contributed by atoms with Crippen LogP contribution in [0.2, 0.25) is 0 Å². The number of hydrogen-bond acceptors (Lipinski definition) is 2. The molecule has 14 heavy (non-hydrogen) atoms. The molecule has 0 unspecified atom stereocenters. The van der Waals surface area contributed by atoms with Crippen molar-refractivity contribution in [2.45, 2.75) is 19.8 Å². The third-order valence-electron chi connectivity index (χ3n) is 2.01. The van der Waals surface area contributed by atoms with Gasteiger partial charge in [0, 0.05) is 0 Å². The summed E-state index contributed by atoms with van der Waals surface area (Å²) in [6, 6.07) is 6.05. The highest BCUT2D eigenvalue weighted by Gasteiger charge is 2.01. The summed E-state index contributed by atoms with van der Waals surface area (Å²) in [5.74, 6) is -0.297. The summed E-state index contributed by atoms with van der Waals surface area (Å²) in [4.78, 5) is 10.7. The quantitative estimate of drug-likeness (QED) is 0.730. The van der Waals surface area contributed by atoms with Gasteiger partial charge in [0.1, 0.15) is 0 Å². The highest BCUT2D eigenvalue weighted by Crippen LogP contribution is 2.10. The highest BCUT2D eigenvalue weighted by atomic mass is 16.1. The van der Waals surface area contributed by atoms with Crippen molar-refractivity contribution in [1.29, 1.82) is 0 Å². The fraction of sp³-hybridized carbons (Fsp3) is 0.364. The SMILES string of the molecule is Cc1cc(CCN)cc(CC(N)=O)c1. The Morgan fingerprint density at radius 3 is 2.50 bits per heavy atom. The molecule has 0 bridgehead atoms. The van der Waals surface area contributed by atoms with Crippen molar-refractivity contribution in [2.75, 3.05) is 6.54 Å². The van der Waals surface area contributed by atoms with Crippen molar-refractivity contribution in [3.63, 3.8) is 0 Å². The minimum atomic E-state index is -0.297. The zero-order valence-electron chi connectivity index (χ0n) is 8.42. The van der Waals surface area contributed by atoms with E-state index in [2.05, 4.69) is 6.07 Å². The molecule has 76 valence electrons. The van der Waals surface area contributed by atoms with Crippen LogP contribution in [0.25, 0.3) is 0 Å². The van der Waals surface area contributed by atoms with Crippen molar-refractivity contribution in [1.82, 2.24) is 0 Å². The van der Waals surface area contributed by atoms with Crippen LogP contribution in [0.1, 0.15) is 16.7 Å². The minimum Gasteiger partial charge on any atom is -0.369 e. The molecule has 0 saturated carbocycles. The molecule has 0 fully saturated rings. The number of nitrogens with two attached hydrogens (primary N) is 2. The van der Waals surface area contributed by atoms with Gasteiger partial charge >= 0.3 is 0 Å². The maximum Gasteiger partial charge on any atom is 0.221 e. The van der Waals surface area contributed by atoms with E-state index in [1.165, 1.54) is 5.56 Å². The van der Waals surface area contributed by atoms with E-state index in [4.69, 9.17) is 11.5 Å². The molecular formula is C11H16N2O. The summed E-state index contributed by atoms with van der Waals surface area (Å²) >= 11 is 0. The summed E-state index contributed by atoms with van der Waals surface area (Å²) in [6.07, 6.45) is 1.15. The molecule has 0 atom stereocenters. The molecule has 0 heterocycles. The van der Waals surface area contributed by atoms with Gasteiger partial charge < -0.3 is 11.5 Å². The van der Waals surface area contributed by atoms with Gasteiger partial charge in [0.2, 0.25) is 5.91 Å². The molecule has 0 spiro atoms. The Morgan fingerprint density at radius 1 is 1.29 bits per heavy atom. The lowest BCUT2D eigenvalue weighted by atomic mass is 10.0. The van der Waals surface area contributed by atoms with Gasteiger partial charge in [-0.3, -0.25) is 4.79 Å². The lowest BCUT2D eigenvalue weighted by molar-refractivity contribution is -0.117. The standard InChI is InChI=1S/C11H16N2O/c1-8-4-9(2-3-12)6-10(5-8)7-11(13)14/h4-6H,2-3,7,12H2,1H3,(H2,13,14). The number of primary amides is 1. The first-order valence-electron chi connectivity index (χ1n) is 4.69. The first kappa shape index (κ1) is 10.7. The maximum absolute atomic E-state index is 10.7. The van der Waals surface area contributed by atoms with Crippen molar-refractivity contribution < 1.29 is 4.79 Å². The molecule has 0 radical (unpaired) electrons. The van der Waals surface area contributed by atoms with Gasteiger partial charge in [0.15, 0.2) is 0 Å². The van der Waals surface area contributed by atoms with E-state index in [1.807, 2.05) is 19.1 Å². The predicted octanol–water partition coefficient (Wildman–Crippen LogP) is 0.524. The first-order valence-corrected chi connectivity index (χ1v) is 4.69. The van der Waals surface area contributed by atoms with Gasteiger partial charge in [-0.2, -0.15) is 0 Å². The van der Waals surface area contributed by atoms with Crippen LogP contribution >= 0.6 is 0 Å². The van der Waals surface area contributed by atoms with Gasteiger partial charge in [-0.1, -0.05) is 23.8 Å². The van der Waals surface area contributed by atoms with Gasteiger partial charge in [0.25, 0.3) is 0 Å². The molecule has 1 aromatic carbocycles. The van der Waals surface area contributed by atoms with E-state index in [0.717, 1.165) is 17.5 Å². The minimum absolute atomic E-state index is 0.297. The van der Waals surface area contributed by atoms with E-state index in [-0.39, 0.29) is 5.91 Å². The van der Waals surface area contributed by atoms with E-state index < -0.39 is 0 Å². The van der Waals surface area contributed by atoms with Crippen LogP contribution in [-0.2, 0) is 17.6 Å². The number of carbonyl (C=O) groups is 1. The Balaban J connectivity index is 2.88. The lowest BCUT2D eigenvalue weighted by Crippen LogP contribution is -2.14. The molecule has 3 heteroatoms. The van der Waals surface area contributed by atoms with Crippen molar-refractivity contribution in [2.24, 2.45) is 11.5 Å². The van der Waals surface area contributed by atoms with Crippen LogP contribution in [0.4, 0.5) is 0 Å². The van der Waals surface area contributed by atoms with Crippen molar-refractivity contribution in [3.05, 3.63) is 34.9 Å². The van der Waals surface area contributed by atoms with Gasteiger partial charge in [0.05, 0.1) is 6.42 Å². The van der Waals surface area contributed by atoms with Crippen LogP contribution in [0, 0.1) is 6.92 Å². The molecular weight excluding hydrogens is 176 g/mol. The third kappa shape index (κ3) is 3.18. The number of amides is 1. The topological polar surface area (TPSA) is 69.1 Å². The van der Waals surface area contributed by atoms with E-state index in [0.29, 0.717) is 13.0 Å². The predicted molar refractivity (Wildman–Crippen MR) is 56.8 cm³/mol. The molecule has 1 aromatic rings. The Hall–Kier alpha value is -1.35. The molecule has 1 rings (SSSR count). The summed E-state index contributed by atoms with van der Waals surface area (Å²) in [5.41, 5.74) is 13.9. The Morgan fingerprint density at radius 2 is 1.93 bits per heavy atom. The Labute approximate surface area is 84.1 Å². The summed E-state index contributed by atoms with van der Waals surface area (Å²) in [6.45, 7) is 2.63. The summed E-state index contributed by atoms with van der Waals surface area (Å²) < 4.78 is 0. The van der Waals surface area contributed by atoms with E-state index in [1.54, 1.807) is 0 Å². The second kappa shape index (κ2) is 4.77. The van der Waals surface area contributed by atoms with E-state index in [9.17, 15) is 4.79 Å². The summed E-state index contributed by atoms with van der Waals surface area (Å²) in [7, 11) is 0. The zero-order valence-corrected chi connectivity index (χ0v) is 8.42. The molecule has 3 nitrogen and oxygen atoms in total. The second-order valence-electron chi connectivity index (χ2n) is 3.51. The Kier molecular flexibility index (Phi) is 3.65. The normalized spacial score (nSPS) is 10.1. The van der Waals surface area contributed by atoms with E-state index >= 15 is 0 Å². The van der Waals surface area contributed by atoms with Crippen LogP contribution in [-0.4, -0.2) is 12.5 Å². The molecule has 0 aliphatic rings. The number of aryl methyl sites for hydroxylation is 1. The number of benzene rings is 1. The van der Waals surface area contributed by atoms with Crippen LogP contribution in [0.5, 0.6) is 0 Å². The number of rotatable bonds is 4. The number of carbonyl (C=O) groups excluding carboxylic acids is 1.